The normalized spacial score (nSPS) is 10.8. The summed E-state index contributed by atoms with van der Waals surface area (Å²) in [4.78, 5) is 0. The van der Waals surface area contributed by atoms with Crippen molar-refractivity contribution in [2.75, 3.05) is 0 Å². The van der Waals surface area contributed by atoms with Crippen molar-refractivity contribution in [3.63, 3.8) is 0 Å². The van der Waals surface area contributed by atoms with Gasteiger partial charge in [-0.1, -0.05) is 37.6 Å². The average Bonchev–Trinajstić information content (AvgIpc) is 2.57. The molecule has 2 rings (SSSR count). The number of nitrogens with zero attached hydrogens (tertiary/aromatic N) is 1. The van der Waals surface area contributed by atoms with Crippen molar-refractivity contribution in [3.8, 4) is 0 Å². The number of benzene rings is 1. The van der Waals surface area contributed by atoms with Crippen LogP contribution in [0, 0.1) is 0 Å². The summed E-state index contributed by atoms with van der Waals surface area (Å²) in [6.07, 6.45) is 6.98. The van der Waals surface area contributed by atoms with Gasteiger partial charge in [0.25, 0.3) is 0 Å². The van der Waals surface area contributed by atoms with Crippen LogP contribution in [0.1, 0.15) is 19.8 Å². The van der Waals surface area contributed by atoms with Gasteiger partial charge in [0.2, 0.25) is 0 Å². The molecule has 1 heteroatoms. The van der Waals surface area contributed by atoms with Gasteiger partial charge in [0.15, 0.2) is 0 Å². The zero-order valence-corrected chi connectivity index (χ0v) is 8.03. The number of fused-ring (bicyclic) bond motifs is 1. The first-order valence-electron chi connectivity index (χ1n) is 4.94. The lowest BCUT2D eigenvalue weighted by atomic mass is 10.2. The lowest BCUT2D eigenvalue weighted by Crippen LogP contribution is -1.91. The lowest BCUT2D eigenvalue weighted by Gasteiger charge is -1.98. The Labute approximate surface area is 79.0 Å². The fraction of sp³-hybridized carbons (Fsp3) is 0.333. The molecule has 1 nitrogen and oxygen atoms in total. The fourth-order valence-corrected chi connectivity index (χ4v) is 1.61. The van der Waals surface area contributed by atoms with Gasteiger partial charge < -0.3 is 4.57 Å². The minimum atomic E-state index is 1.14. The van der Waals surface area contributed by atoms with Gasteiger partial charge >= 0.3 is 0 Å². The molecule has 0 spiro atoms. The van der Waals surface area contributed by atoms with Gasteiger partial charge in [0.05, 0.1) is 0 Å². The van der Waals surface area contributed by atoms with Crippen molar-refractivity contribution >= 4 is 10.8 Å². The molecule has 68 valence electrons. The summed E-state index contributed by atoms with van der Waals surface area (Å²) in [5, 5.41) is 2.69. The SMILES string of the molecule is CCCCn1cc2ccccc2c1. The van der Waals surface area contributed by atoms with E-state index in [1.165, 1.54) is 23.6 Å². The molecule has 0 saturated carbocycles. The van der Waals surface area contributed by atoms with Gasteiger partial charge in [0.1, 0.15) is 0 Å². The van der Waals surface area contributed by atoms with Gasteiger partial charge in [-0.2, -0.15) is 0 Å². The van der Waals surface area contributed by atoms with Gasteiger partial charge in [-0.05, 0) is 17.2 Å². The number of hydrogen-bond acceptors (Lipinski definition) is 0. The van der Waals surface area contributed by atoms with Crippen LogP contribution in [0.4, 0.5) is 0 Å². The molecule has 0 fully saturated rings. The summed E-state index contributed by atoms with van der Waals surface area (Å²) in [5.41, 5.74) is 0. The van der Waals surface area contributed by atoms with Crippen molar-refractivity contribution in [1.82, 2.24) is 4.57 Å². The maximum absolute atomic E-state index is 2.29. The third-order valence-corrected chi connectivity index (χ3v) is 2.38. The van der Waals surface area contributed by atoms with E-state index in [0.29, 0.717) is 0 Å². The predicted molar refractivity (Wildman–Crippen MR) is 56.8 cm³/mol. The number of unbranched alkanes of at least 4 members (excludes halogenated alkanes) is 1. The lowest BCUT2D eigenvalue weighted by molar-refractivity contribution is 0.637. The Morgan fingerprint density at radius 2 is 1.69 bits per heavy atom. The van der Waals surface area contributed by atoms with Gasteiger partial charge in [-0.25, -0.2) is 0 Å². The van der Waals surface area contributed by atoms with Crippen LogP contribution in [-0.4, -0.2) is 4.57 Å². The number of rotatable bonds is 3. The number of aryl methyl sites for hydroxylation is 1. The highest BCUT2D eigenvalue weighted by atomic mass is 14.9. The first-order valence-corrected chi connectivity index (χ1v) is 4.94. The molecule has 1 heterocycles. The molecular weight excluding hydrogens is 158 g/mol. The van der Waals surface area contributed by atoms with Crippen LogP contribution in [0.3, 0.4) is 0 Å². The molecule has 1 aromatic heterocycles. The second kappa shape index (κ2) is 3.65. The summed E-state index contributed by atoms with van der Waals surface area (Å²) >= 11 is 0. The molecule has 0 N–H and O–H groups in total. The first kappa shape index (κ1) is 8.36. The first-order chi connectivity index (χ1) is 6.40. The zero-order chi connectivity index (χ0) is 9.10. The predicted octanol–water partition coefficient (Wildman–Crippen LogP) is 3.44. The van der Waals surface area contributed by atoms with E-state index in [9.17, 15) is 0 Å². The Kier molecular flexibility index (Phi) is 2.35. The molecule has 13 heavy (non-hydrogen) atoms. The van der Waals surface area contributed by atoms with Crippen LogP contribution in [0.15, 0.2) is 36.7 Å². The number of aromatic nitrogens is 1. The van der Waals surface area contributed by atoms with Crippen LogP contribution in [0.25, 0.3) is 10.8 Å². The summed E-state index contributed by atoms with van der Waals surface area (Å²) in [5.74, 6) is 0. The quantitative estimate of drug-likeness (QED) is 0.670. The van der Waals surface area contributed by atoms with Crippen molar-refractivity contribution in [1.29, 1.82) is 0 Å². The van der Waals surface area contributed by atoms with E-state index in [1.807, 2.05) is 0 Å². The Morgan fingerprint density at radius 3 is 2.23 bits per heavy atom. The zero-order valence-electron chi connectivity index (χ0n) is 8.03. The topological polar surface area (TPSA) is 4.93 Å². The molecule has 0 aliphatic heterocycles. The molecular formula is C12H15N. The van der Waals surface area contributed by atoms with E-state index in [-0.39, 0.29) is 0 Å². The van der Waals surface area contributed by atoms with Gasteiger partial charge in [-0.3, -0.25) is 0 Å². The Bertz CT molecular complexity index is 354. The summed E-state index contributed by atoms with van der Waals surface area (Å²) < 4.78 is 2.29. The largest absolute Gasteiger partial charge is 0.353 e. The van der Waals surface area contributed by atoms with Crippen LogP contribution < -0.4 is 0 Å². The minimum Gasteiger partial charge on any atom is -0.353 e. The standard InChI is InChI=1S/C12H15N/c1-2-3-8-13-9-11-6-4-5-7-12(11)10-13/h4-7,9-10H,2-3,8H2,1H3. The molecule has 0 aliphatic carbocycles. The summed E-state index contributed by atoms with van der Waals surface area (Å²) in [6, 6.07) is 8.51. The highest BCUT2D eigenvalue weighted by Gasteiger charge is 1.95. The van der Waals surface area contributed by atoms with Crippen LogP contribution in [-0.2, 0) is 6.54 Å². The van der Waals surface area contributed by atoms with E-state index in [4.69, 9.17) is 0 Å². The molecule has 0 unspecified atom stereocenters. The third kappa shape index (κ3) is 1.74. The third-order valence-electron chi connectivity index (χ3n) is 2.38. The van der Waals surface area contributed by atoms with E-state index in [0.717, 1.165) is 6.54 Å². The van der Waals surface area contributed by atoms with Gasteiger partial charge in [-0.15, -0.1) is 0 Å². The van der Waals surface area contributed by atoms with Gasteiger partial charge in [0, 0.05) is 18.9 Å². The molecule has 2 aromatic rings. The summed E-state index contributed by atoms with van der Waals surface area (Å²) in [6.45, 7) is 3.37. The van der Waals surface area contributed by atoms with E-state index >= 15 is 0 Å². The Morgan fingerprint density at radius 1 is 1.08 bits per heavy atom. The molecule has 0 aliphatic rings. The van der Waals surface area contributed by atoms with Crippen LogP contribution in [0.2, 0.25) is 0 Å². The summed E-state index contributed by atoms with van der Waals surface area (Å²) in [7, 11) is 0. The van der Waals surface area contributed by atoms with Crippen LogP contribution in [0.5, 0.6) is 0 Å². The molecule has 0 bridgehead atoms. The van der Waals surface area contributed by atoms with Crippen molar-refractivity contribution in [2.45, 2.75) is 26.3 Å². The van der Waals surface area contributed by atoms with Crippen LogP contribution >= 0.6 is 0 Å². The molecule has 0 atom stereocenters. The highest BCUT2D eigenvalue weighted by molar-refractivity contribution is 5.81. The van der Waals surface area contributed by atoms with E-state index < -0.39 is 0 Å². The Hall–Kier alpha value is -1.24. The van der Waals surface area contributed by atoms with Crippen molar-refractivity contribution in [3.05, 3.63) is 36.7 Å². The minimum absolute atomic E-state index is 1.14. The second-order valence-corrected chi connectivity index (χ2v) is 3.48. The van der Waals surface area contributed by atoms with E-state index in [1.54, 1.807) is 0 Å². The molecule has 0 saturated heterocycles. The average molecular weight is 173 g/mol. The van der Waals surface area contributed by atoms with Crippen molar-refractivity contribution in [2.24, 2.45) is 0 Å². The monoisotopic (exact) mass is 173 g/mol. The Balaban J connectivity index is 2.28. The van der Waals surface area contributed by atoms with E-state index in [2.05, 4.69) is 48.1 Å². The molecule has 0 radical (unpaired) electrons. The maximum atomic E-state index is 2.29. The maximum Gasteiger partial charge on any atom is 0.0220 e. The molecule has 1 aromatic carbocycles. The highest BCUT2D eigenvalue weighted by Crippen LogP contribution is 2.14. The fourth-order valence-electron chi connectivity index (χ4n) is 1.61. The van der Waals surface area contributed by atoms with Crippen molar-refractivity contribution < 1.29 is 0 Å². The second-order valence-electron chi connectivity index (χ2n) is 3.48. The number of hydrogen-bond donors (Lipinski definition) is 0. The molecule has 0 amide bonds. The smallest absolute Gasteiger partial charge is 0.0220 e.